The van der Waals surface area contributed by atoms with E-state index in [0.29, 0.717) is 19.0 Å². The second-order valence-corrected chi connectivity index (χ2v) is 8.16. The van der Waals surface area contributed by atoms with E-state index >= 15 is 0 Å². The Balaban J connectivity index is 1.22. The Morgan fingerprint density at radius 1 is 1.17 bits per heavy atom. The first-order chi connectivity index (χ1) is 14.2. The van der Waals surface area contributed by atoms with Gasteiger partial charge in [-0.1, -0.05) is 41.9 Å². The number of carbonyl (C=O) groups is 1. The van der Waals surface area contributed by atoms with Gasteiger partial charge in [-0.25, -0.2) is 4.98 Å². The van der Waals surface area contributed by atoms with Crippen LogP contribution in [-0.2, 0) is 17.8 Å². The van der Waals surface area contributed by atoms with E-state index in [1.807, 2.05) is 41.3 Å². The van der Waals surface area contributed by atoms with Crippen LogP contribution in [0.2, 0.25) is 5.02 Å². The van der Waals surface area contributed by atoms with Crippen molar-refractivity contribution in [3.05, 3.63) is 64.9 Å². The van der Waals surface area contributed by atoms with Gasteiger partial charge in [-0.15, -0.1) is 0 Å². The molecular weight excluding hydrogens is 384 g/mol. The van der Waals surface area contributed by atoms with Crippen LogP contribution in [0.15, 0.2) is 48.5 Å². The quantitative estimate of drug-likeness (QED) is 0.570. The van der Waals surface area contributed by atoms with E-state index in [1.54, 1.807) is 0 Å². The fourth-order valence-corrected chi connectivity index (χ4v) is 4.10. The zero-order valence-electron chi connectivity index (χ0n) is 16.5. The lowest BCUT2D eigenvalue weighted by Crippen LogP contribution is -2.32. The molecule has 0 bridgehead atoms. The molecule has 3 aromatic rings. The third kappa shape index (κ3) is 5.37. The van der Waals surface area contributed by atoms with Crippen molar-refractivity contribution in [1.82, 2.24) is 20.2 Å². The highest BCUT2D eigenvalue weighted by molar-refractivity contribution is 6.31. The molecule has 5 nitrogen and oxygen atoms in total. The highest BCUT2D eigenvalue weighted by atomic mass is 35.5. The summed E-state index contributed by atoms with van der Waals surface area (Å²) in [5.74, 6) is 1.26. The first-order valence-electron chi connectivity index (χ1n) is 10.4. The van der Waals surface area contributed by atoms with Crippen molar-refractivity contribution in [3.8, 4) is 0 Å². The summed E-state index contributed by atoms with van der Waals surface area (Å²) in [4.78, 5) is 22.4. The Labute approximate surface area is 176 Å². The summed E-state index contributed by atoms with van der Waals surface area (Å²) in [6.07, 6.45) is 4.43. The monoisotopic (exact) mass is 410 g/mol. The molecule has 152 valence electrons. The van der Waals surface area contributed by atoms with Gasteiger partial charge in [0, 0.05) is 37.0 Å². The molecule has 2 N–H and O–H groups in total. The maximum atomic E-state index is 12.5. The number of aryl methyl sites for hydroxylation is 1. The Bertz CT molecular complexity index is 956. The van der Waals surface area contributed by atoms with Gasteiger partial charge in [0.15, 0.2) is 0 Å². The molecule has 1 aromatic heterocycles. The number of imidazole rings is 1. The first-order valence-corrected chi connectivity index (χ1v) is 10.7. The van der Waals surface area contributed by atoms with Crippen LogP contribution >= 0.6 is 11.6 Å². The van der Waals surface area contributed by atoms with E-state index in [0.717, 1.165) is 60.7 Å². The predicted molar refractivity (Wildman–Crippen MR) is 117 cm³/mol. The lowest BCUT2D eigenvalue weighted by atomic mass is 10.1. The molecule has 2 aromatic carbocycles. The van der Waals surface area contributed by atoms with Gasteiger partial charge in [-0.05, 0) is 49.6 Å². The summed E-state index contributed by atoms with van der Waals surface area (Å²) in [5.41, 5.74) is 3.14. The summed E-state index contributed by atoms with van der Waals surface area (Å²) in [7, 11) is 0. The van der Waals surface area contributed by atoms with E-state index < -0.39 is 0 Å². The Morgan fingerprint density at radius 2 is 2.03 bits per heavy atom. The zero-order chi connectivity index (χ0) is 20.1. The molecule has 1 saturated heterocycles. The molecule has 1 amide bonds. The van der Waals surface area contributed by atoms with Gasteiger partial charge in [-0.2, -0.15) is 0 Å². The van der Waals surface area contributed by atoms with E-state index in [1.165, 1.54) is 5.56 Å². The third-order valence-electron chi connectivity index (χ3n) is 5.54. The summed E-state index contributed by atoms with van der Waals surface area (Å²) in [6, 6.07) is 16.3. The lowest BCUT2D eigenvalue weighted by molar-refractivity contribution is -0.131. The minimum absolute atomic E-state index is 0.263. The molecule has 1 aliphatic rings. The molecule has 2 heterocycles. The van der Waals surface area contributed by atoms with Crippen LogP contribution in [0.5, 0.6) is 0 Å². The minimum atomic E-state index is 0.263. The molecule has 1 unspecified atom stereocenters. The number of likely N-dealkylation sites (tertiary alicyclic amines) is 1. The lowest BCUT2D eigenvalue weighted by Gasteiger charge is -2.21. The molecule has 0 spiro atoms. The van der Waals surface area contributed by atoms with Gasteiger partial charge in [-0.3, -0.25) is 4.79 Å². The topological polar surface area (TPSA) is 61.0 Å². The van der Waals surface area contributed by atoms with Crippen LogP contribution in [-0.4, -0.2) is 39.9 Å². The third-order valence-corrected chi connectivity index (χ3v) is 5.77. The van der Waals surface area contributed by atoms with Crippen LogP contribution < -0.4 is 5.32 Å². The molecule has 4 rings (SSSR count). The summed E-state index contributed by atoms with van der Waals surface area (Å²) in [5, 5.41) is 4.36. The molecule has 0 radical (unpaired) electrons. The second-order valence-electron chi connectivity index (χ2n) is 7.73. The summed E-state index contributed by atoms with van der Waals surface area (Å²) < 4.78 is 0. The van der Waals surface area contributed by atoms with Crippen molar-refractivity contribution in [3.63, 3.8) is 0 Å². The largest absolute Gasteiger partial charge is 0.342 e. The van der Waals surface area contributed by atoms with Crippen molar-refractivity contribution in [2.24, 2.45) is 0 Å². The number of fused-ring (bicyclic) bond motifs is 1. The highest BCUT2D eigenvalue weighted by Gasteiger charge is 2.22. The molecule has 1 atom stereocenters. The van der Waals surface area contributed by atoms with Crippen LogP contribution in [0.4, 0.5) is 0 Å². The number of H-pyrrole nitrogens is 1. The minimum Gasteiger partial charge on any atom is -0.342 e. The Hall–Kier alpha value is -2.37. The molecule has 0 aliphatic carbocycles. The van der Waals surface area contributed by atoms with Gasteiger partial charge < -0.3 is 15.2 Å². The molecular formula is C23H27ClN4O. The van der Waals surface area contributed by atoms with Crippen LogP contribution in [0.25, 0.3) is 11.0 Å². The standard InChI is InChI=1S/C23H27ClN4O/c24-18-8-10-20-21(15-18)27-22(26-20)7-4-13-25-19-9-11-23(29)28(14-12-19)16-17-5-2-1-3-6-17/h1-3,5-6,8,10,15,19,25H,4,7,9,11-14,16H2,(H,26,27). The SMILES string of the molecule is O=C1CCC(NCCCc2nc3ccc(Cl)cc3[nH]2)CCN1Cc1ccccc1. The maximum Gasteiger partial charge on any atom is 0.222 e. The molecule has 0 saturated carbocycles. The molecule has 29 heavy (non-hydrogen) atoms. The number of carbonyl (C=O) groups excluding carboxylic acids is 1. The van der Waals surface area contributed by atoms with Gasteiger partial charge in [0.2, 0.25) is 5.91 Å². The first kappa shape index (κ1) is 19.9. The number of amides is 1. The molecule has 6 heteroatoms. The number of rotatable bonds is 7. The van der Waals surface area contributed by atoms with Gasteiger partial charge in [0.05, 0.1) is 11.0 Å². The van der Waals surface area contributed by atoms with Crippen molar-refractivity contribution >= 4 is 28.5 Å². The van der Waals surface area contributed by atoms with E-state index in [-0.39, 0.29) is 5.91 Å². The van der Waals surface area contributed by atoms with Gasteiger partial charge in [0.25, 0.3) is 0 Å². The van der Waals surface area contributed by atoms with Crippen molar-refractivity contribution < 1.29 is 4.79 Å². The van der Waals surface area contributed by atoms with Crippen molar-refractivity contribution in [2.75, 3.05) is 13.1 Å². The number of aromatic nitrogens is 2. The van der Waals surface area contributed by atoms with Crippen LogP contribution in [0.1, 0.15) is 37.1 Å². The number of hydrogen-bond acceptors (Lipinski definition) is 3. The summed E-state index contributed by atoms with van der Waals surface area (Å²) in [6.45, 7) is 2.45. The summed E-state index contributed by atoms with van der Waals surface area (Å²) >= 11 is 6.03. The van der Waals surface area contributed by atoms with Crippen molar-refractivity contribution in [1.29, 1.82) is 0 Å². The van der Waals surface area contributed by atoms with E-state index in [9.17, 15) is 4.79 Å². The number of nitrogens with zero attached hydrogens (tertiary/aromatic N) is 2. The van der Waals surface area contributed by atoms with Gasteiger partial charge >= 0.3 is 0 Å². The number of nitrogens with one attached hydrogen (secondary N) is 2. The maximum absolute atomic E-state index is 12.5. The number of halogens is 1. The van der Waals surface area contributed by atoms with Crippen LogP contribution in [0, 0.1) is 0 Å². The Morgan fingerprint density at radius 3 is 2.90 bits per heavy atom. The average Bonchev–Trinajstić information content (AvgIpc) is 3.05. The van der Waals surface area contributed by atoms with Crippen molar-refractivity contribution in [2.45, 2.75) is 44.7 Å². The Kier molecular flexibility index (Phi) is 6.47. The van der Waals surface area contributed by atoms with Crippen LogP contribution in [0.3, 0.4) is 0 Å². The molecule has 1 fully saturated rings. The fourth-order valence-electron chi connectivity index (χ4n) is 3.93. The second kappa shape index (κ2) is 9.42. The average molecular weight is 411 g/mol. The van der Waals surface area contributed by atoms with E-state index in [2.05, 4.69) is 27.4 Å². The van der Waals surface area contributed by atoms with Gasteiger partial charge in [0.1, 0.15) is 5.82 Å². The zero-order valence-corrected chi connectivity index (χ0v) is 17.3. The normalized spacial score (nSPS) is 17.6. The number of benzene rings is 2. The predicted octanol–water partition coefficient (Wildman–Crippen LogP) is 4.32. The smallest absolute Gasteiger partial charge is 0.222 e. The number of hydrogen-bond donors (Lipinski definition) is 2. The van der Waals surface area contributed by atoms with E-state index in [4.69, 9.17) is 11.6 Å². The number of aromatic amines is 1. The highest BCUT2D eigenvalue weighted by Crippen LogP contribution is 2.18. The molecule has 1 aliphatic heterocycles. The fraction of sp³-hybridized carbons (Fsp3) is 0.391.